The Hall–Kier alpha value is -1.82. The summed E-state index contributed by atoms with van der Waals surface area (Å²) in [6.45, 7) is 0.478. The van der Waals surface area contributed by atoms with Crippen LogP contribution in [0.4, 0.5) is 5.69 Å². The van der Waals surface area contributed by atoms with Gasteiger partial charge in [0, 0.05) is 29.6 Å². The highest BCUT2D eigenvalue weighted by Gasteiger charge is 2.10. The summed E-state index contributed by atoms with van der Waals surface area (Å²) in [6, 6.07) is 5.10. The van der Waals surface area contributed by atoms with E-state index < -0.39 is 5.97 Å². The number of carbonyl (C=O) groups is 1. The third kappa shape index (κ3) is 2.70. The molecule has 0 atom stereocenters. The lowest BCUT2D eigenvalue weighted by atomic mass is 10.2. The number of anilines is 1. The van der Waals surface area contributed by atoms with Crippen molar-refractivity contribution in [2.45, 2.75) is 6.54 Å². The van der Waals surface area contributed by atoms with E-state index in [0.717, 1.165) is 10.3 Å². The first-order valence-electron chi connectivity index (χ1n) is 5.31. The average molecular weight is 310 g/mol. The highest BCUT2D eigenvalue weighted by Crippen LogP contribution is 2.21. The predicted molar refractivity (Wildman–Crippen MR) is 71.6 cm³/mol. The van der Waals surface area contributed by atoms with Crippen LogP contribution in [0.15, 0.2) is 35.1 Å². The second-order valence-electron chi connectivity index (χ2n) is 3.80. The number of aromatic nitrogens is 2. The minimum Gasteiger partial charge on any atom is -0.478 e. The third-order valence-corrected chi connectivity index (χ3v) is 3.06. The summed E-state index contributed by atoms with van der Waals surface area (Å²) in [5.74, 6) is -0.118. The van der Waals surface area contributed by atoms with Gasteiger partial charge in [0.1, 0.15) is 5.82 Å². The first-order chi connectivity index (χ1) is 8.58. The van der Waals surface area contributed by atoms with Crippen molar-refractivity contribution >= 4 is 27.6 Å². The molecule has 0 saturated carbocycles. The van der Waals surface area contributed by atoms with Crippen LogP contribution in [0.5, 0.6) is 0 Å². The van der Waals surface area contributed by atoms with Crippen LogP contribution in [0.25, 0.3) is 0 Å². The number of hydrogen-bond acceptors (Lipinski definition) is 3. The van der Waals surface area contributed by atoms with Gasteiger partial charge in [0.2, 0.25) is 0 Å². The van der Waals surface area contributed by atoms with Crippen LogP contribution < -0.4 is 5.32 Å². The number of nitrogens with zero attached hydrogens (tertiary/aromatic N) is 2. The van der Waals surface area contributed by atoms with E-state index in [-0.39, 0.29) is 5.56 Å². The summed E-state index contributed by atoms with van der Waals surface area (Å²) in [5, 5.41) is 12.2. The summed E-state index contributed by atoms with van der Waals surface area (Å²) in [7, 11) is 1.89. The van der Waals surface area contributed by atoms with Crippen LogP contribution in [-0.2, 0) is 13.6 Å². The zero-order chi connectivity index (χ0) is 13.1. The van der Waals surface area contributed by atoms with Crippen molar-refractivity contribution in [1.82, 2.24) is 9.55 Å². The van der Waals surface area contributed by atoms with Gasteiger partial charge in [0.15, 0.2) is 0 Å². The van der Waals surface area contributed by atoms with E-state index in [0.29, 0.717) is 12.2 Å². The molecule has 0 aliphatic rings. The van der Waals surface area contributed by atoms with Crippen LogP contribution in [0, 0.1) is 0 Å². The molecule has 5 nitrogen and oxygen atoms in total. The van der Waals surface area contributed by atoms with Crippen LogP contribution >= 0.6 is 15.9 Å². The molecule has 0 aliphatic carbocycles. The van der Waals surface area contributed by atoms with E-state index in [2.05, 4.69) is 26.2 Å². The van der Waals surface area contributed by atoms with Crippen molar-refractivity contribution in [3.8, 4) is 0 Å². The Morgan fingerprint density at radius 2 is 2.33 bits per heavy atom. The fourth-order valence-electron chi connectivity index (χ4n) is 1.59. The predicted octanol–water partition coefficient (Wildman–Crippen LogP) is 2.49. The number of halogens is 1. The number of aromatic carboxylic acids is 1. The van der Waals surface area contributed by atoms with Gasteiger partial charge in [-0.1, -0.05) is 15.9 Å². The highest BCUT2D eigenvalue weighted by molar-refractivity contribution is 9.10. The first-order valence-corrected chi connectivity index (χ1v) is 6.10. The van der Waals surface area contributed by atoms with Crippen LogP contribution in [0.1, 0.15) is 16.2 Å². The largest absolute Gasteiger partial charge is 0.478 e. The number of imidazole rings is 1. The molecule has 0 radical (unpaired) electrons. The molecule has 2 aromatic rings. The maximum Gasteiger partial charge on any atom is 0.337 e. The summed E-state index contributed by atoms with van der Waals surface area (Å²) < 4.78 is 2.62. The minimum absolute atomic E-state index is 0.235. The third-order valence-electron chi connectivity index (χ3n) is 2.57. The maximum absolute atomic E-state index is 11.1. The summed E-state index contributed by atoms with van der Waals surface area (Å²) >= 11 is 3.26. The zero-order valence-corrected chi connectivity index (χ0v) is 11.3. The van der Waals surface area contributed by atoms with Crippen LogP contribution in [-0.4, -0.2) is 20.6 Å². The molecule has 1 aromatic heterocycles. The van der Waals surface area contributed by atoms with Crippen molar-refractivity contribution in [3.63, 3.8) is 0 Å². The Bertz CT molecular complexity index is 580. The lowest BCUT2D eigenvalue weighted by Gasteiger charge is -2.09. The van der Waals surface area contributed by atoms with Gasteiger partial charge in [-0.15, -0.1) is 0 Å². The minimum atomic E-state index is -0.960. The molecule has 0 fully saturated rings. The zero-order valence-electron chi connectivity index (χ0n) is 9.72. The Kier molecular flexibility index (Phi) is 3.66. The van der Waals surface area contributed by atoms with Crippen molar-refractivity contribution in [2.24, 2.45) is 7.05 Å². The van der Waals surface area contributed by atoms with E-state index in [4.69, 9.17) is 5.11 Å². The topological polar surface area (TPSA) is 67.2 Å². The Balaban J connectivity index is 2.19. The second-order valence-corrected chi connectivity index (χ2v) is 4.72. The van der Waals surface area contributed by atoms with Gasteiger partial charge in [0.25, 0.3) is 0 Å². The molecule has 2 rings (SSSR count). The Morgan fingerprint density at radius 3 is 2.94 bits per heavy atom. The summed E-state index contributed by atoms with van der Waals surface area (Å²) in [6.07, 6.45) is 3.55. The summed E-state index contributed by atoms with van der Waals surface area (Å²) in [5.41, 5.74) is 0.812. The molecule has 1 aromatic carbocycles. The van der Waals surface area contributed by atoms with Gasteiger partial charge in [0.05, 0.1) is 12.1 Å². The molecular formula is C12H12BrN3O2. The van der Waals surface area contributed by atoms with E-state index in [1.54, 1.807) is 24.4 Å². The van der Waals surface area contributed by atoms with Gasteiger partial charge in [-0.05, 0) is 18.2 Å². The monoisotopic (exact) mass is 309 g/mol. The lowest BCUT2D eigenvalue weighted by Crippen LogP contribution is -2.09. The number of rotatable bonds is 4. The van der Waals surface area contributed by atoms with E-state index in [1.807, 2.05) is 17.8 Å². The number of carboxylic acids is 1. The maximum atomic E-state index is 11.1. The molecule has 0 spiro atoms. The molecule has 0 bridgehead atoms. The molecule has 6 heteroatoms. The molecule has 1 heterocycles. The molecule has 2 N–H and O–H groups in total. The van der Waals surface area contributed by atoms with Crippen molar-refractivity contribution in [3.05, 3.63) is 46.5 Å². The van der Waals surface area contributed by atoms with Gasteiger partial charge < -0.3 is 15.0 Å². The number of aryl methyl sites for hydroxylation is 1. The molecular weight excluding hydrogens is 298 g/mol. The first kappa shape index (κ1) is 12.6. The number of carboxylic acid groups (broad SMARTS) is 1. The van der Waals surface area contributed by atoms with E-state index in [1.165, 1.54) is 0 Å². The number of benzene rings is 1. The quantitative estimate of drug-likeness (QED) is 0.910. The van der Waals surface area contributed by atoms with Gasteiger partial charge in [-0.25, -0.2) is 9.78 Å². The Morgan fingerprint density at radius 1 is 1.56 bits per heavy atom. The van der Waals surface area contributed by atoms with Crippen molar-refractivity contribution < 1.29 is 9.90 Å². The smallest absolute Gasteiger partial charge is 0.337 e. The molecule has 18 heavy (non-hydrogen) atoms. The normalized spacial score (nSPS) is 10.3. The second kappa shape index (κ2) is 5.22. The van der Waals surface area contributed by atoms with Gasteiger partial charge in [-0.2, -0.15) is 0 Å². The van der Waals surface area contributed by atoms with Gasteiger partial charge in [-0.3, -0.25) is 0 Å². The molecule has 94 valence electrons. The fourth-order valence-corrected chi connectivity index (χ4v) is 1.95. The molecule has 0 unspecified atom stereocenters. The summed E-state index contributed by atoms with van der Waals surface area (Å²) in [4.78, 5) is 15.3. The van der Waals surface area contributed by atoms with Crippen molar-refractivity contribution in [2.75, 3.05) is 5.32 Å². The lowest BCUT2D eigenvalue weighted by molar-refractivity contribution is 0.0698. The SMILES string of the molecule is Cn1ccnc1CNc1ccc(Br)cc1C(=O)O. The van der Waals surface area contributed by atoms with Crippen LogP contribution in [0.2, 0.25) is 0 Å². The number of hydrogen-bond donors (Lipinski definition) is 2. The molecule has 0 saturated heterocycles. The fraction of sp³-hybridized carbons (Fsp3) is 0.167. The Labute approximate surface area is 113 Å². The van der Waals surface area contributed by atoms with Crippen molar-refractivity contribution in [1.29, 1.82) is 0 Å². The standard InChI is InChI=1S/C12H12BrN3O2/c1-16-5-4-14-11(16)7-15-10-3-2-8(13)6-9(10)12(17)18/h2-6,15H,7H2,1H3,(H,17,18). The highest BCUT2D eigenvalue weighted by atomic mass is 79.9. The van der Waals surface area contributed by atoms with Gasteiger partial charge >= 0.3 is 5.97 Å². The average Bonchev–Trinajstić information content (AvgIpc) is 2.73. The van der Waals surface area contributed by atoms with E-state index in [9.17, 15) is 4.79 Å². The number of nitrogens with one attached hydrogen (secondary N) is 1. The molecule has 0 aliphatic heterocycles. The van der Waals surface area contributed by atoms with Crippen LogP contribution in [0.3, 0.4) is 0 Å². The van der Waals surface area contributed by atoms with E-state index >= 15 is 0 Å². The molecule has 0 amide bonds.